The summed E-state index contributed by atoms with van der Waals surface area (Å²) >= 11 is 0. The smallest absolute Gasteiger partial charge is 0.326 e. The minimum atomic E-state index is -0.651. The zero-order chi connectivity index (χ0) is 15.2. The van der Waals surface area contributed by atoms with E-state index >= 15 is 0 Å². The van der Waals surface area contributed by atoms with Gasteiger partial charge in [-0.1, -0.05) is 25.9 Å². The number of hydrogen-bond acceptors (Lipinski definition) is 4. The van der Waals surface area contributed by atoms with Crippen molar-refractivity contribution < 1.29 is 9.53 Å². The summed E-state index contributed by atoms with van der Waals surface area (Å²) in [6.45, 7) is 9.58. The molecule has 2 atom stereocenters. The standard InChI is InChI=1S/C14H26N4O2/c1-5-20-12(19)14(16-6-7-17-18-15)9-11(2)8-13(3,4)10-14/h11,16H,5-10H2,1-4H3. The number of rotatable bonds is 6. The Morgan fingerprint density at radius 1 is 1.50 bits per heavy atom. The molecular weight excluding hydrogens is 256 g/mol. The van der Waals surface area contributed by atoms with Crippen LogP contribution in [0.25, 0.3) is 10.4 Å². The number of carbonyl (C=O) groups excluding carboxylic acids is 1. The van der Waals surface area contributed by atoms with Gasteiger partial charge in [0, 0.05) is 18.0 Å². The topological polar surface area (TPSA) is 87.1 Å². The molecule has 0 aromatic heterocycles. The van der Waals surface area contributed by atoms with E-state index in [0.717, 1.165) is 19.3 Å². The van der Waals surface area contributed by atoms with Crippen molar-refractivity contribution in [2.75, 3.05) is 19.7 Å². The van der Waals surface area contributed by atoms with Crippen molar-refractivity contribution in [3.8, 4) is 0 Å². The first-order valence-electron chi connectivity index (χ1n) is 7.28. The molecular formula is C14H26N4O2. The lowest BCUT2D eigenvalue weighted by Crippen LogP contribution is -2.59. The molecule has 1 saturated carbocycles. The maximum atomic E-state index is 12.4. The summed E-state index contributed by atoms with van der Waals surface area (Å²) in [4.78, 5) is 15.2. The van der Waals surface area contributed by atoms with Crippen LogP contribution < -0.4 is 5.32 Å². The fraction of sp³-hybridized carbons (Fsp3) is 0.929. The van der Waals surface area contributed by atoms with E-state index in [1.807, 2.05) is 6.92 Å². The van der Waals surface area contributed by atoms with Crippen LogP contribution in [0.15, 0.2) is 5.11 Å². The second-order valence-corrected chi connectivity index (χ2v) is 6.54. The average Bonchev–Trinajstić information content (AvgIpc) is 2.32. The van der Waals surface area contributed by atoms with Gasteiger partial charge in [0.25, 0.3) is 0 Å². The van der Waals surface area contributed by atoms with Crippen molar-refractivity contribution >= 4 is 5.97 Å². The summed E-state index contributed by atoms with van der Waals surface area (Å²) in [6, 6.07) is 0. The third kappa shape index (κ3) is 4.39. The van der Waals surface area contributed by atoms with Gasteiger partial charge in [-0.15, -0.1) is 0 Å². The molecule has 0 saturated heterocycles. The lowest BCUT2D eigenvalue weighted by atomic mass is 9.64. The highest BCUT2D eigenvalue weighted by Gasteiger charge is 2.48. The molecule has 0 radical (unpaired) electrons. The van der Waals surface area contributed by atoms with Gasteiger partial charge in [-0.2, -0.15) is 0 Å². The molecule has 0 spiro atoms. The molecule has 2 unspecified atom stereocenters. The first-order chi connectivity index (χ1) is 9.35. The molecule has 1 rings (SSSR count). The molecule has 0 amide bonds. The number of carbonyl (C=O) groups is 1. The predicted octanol–water partition coefficient (Wildman–Crippen LogP) is 3.03. The zero-order valence-corrected chi connectivity index (χ0v) is 13.0. The molecule has 0 bridgehead atoms. The Labute approximate surface area is 120 Å². The molecule has 0 heterocycles. The highest BCUT2D eigenvalue weighted by molar-refractivity contribution is 5.81. The molecule has 1 aliphatic rings. The Balaban J connectivity index is 2.88. The number of hydrogen-bond donors (Lipinski definition) is 1. The summed E-state index contributed by atoms with van der Waals surface area (Å²) in [5, 5.41) is 6.82. The van der Waals surface area contributed by atoms with Crippen LogP contribution in [0, 0.1) is 11.3 Å². The van der Waals surface area contributed by atoms with Crippen LogP contribution in [0.2, 0.25) is 0 Å². The van der Waals surface area contributed by atoms with Crippen molar-refractivity contribution in [2.24, 2.45) is 16.4 Å². The van der Waals surface area contributed by atoms with Crippen LogP contribution in [0.3, 0.4) is 0 Å². The van der Waals surface area contributed by atoms with Crippen molar-refractivity contribution in [1.29, 1.82) is 0 Å². The van der Waals surface area contributed by atoms with Crippen LogP contribution in [0.5, 0.6) is 0 Å². The summed E-state index contributed by atoms with van der Waals surface area (Å²) in [7, 11) is 0. The molecule has 1 aliphatic carbocycles. The largest absolute Gasteiger partial charge is 0.465 e. The minimum Gasteiger partial charge on any atom is -0.465 e. The molecule has 0 aromatic carbocycles. The van der Waals surface area contributed by atoms with Gasteiger partial charge < -0.3 is 10.1 Å². The molecule has 0 aromatic rings. The Hall–Kier alpha value is -1.26. The van der Waals surface area contributed by atoms with Gasteiger partial charge in [0.15, 0.2) is 0 Å². The minimum absolute atomic E-state index is 0.0932. The fourth-order valence-electron chi connectivity index (χ4n) is 3.59. The monoisotopic (exact) mass is 282 g/mol. The van der Waals surface area contributed by atoms with Crippen LogP contribution in [0.1, 0.15) is 47.0 Å². The van der Waals surface area contributed by atoms with Crippen LogP contribution in [-0.2, 0) is 9.53 Å². The van der Waals surface area contributed by atoms with E-state index in [9.17, 15) is 4.79 Å². The predicted molar refractivity (Wildman–Crippen MR) is 78.2 cm³/mol. The van der Waals surface area contributed by atoms with E-state index < -0.39 is 5.54 Å². The van der Waals surface area contributed by atoms with E-state index in [-0.39, 0.29) is 11.4 Å². The third-order valence-corrected chi connectivity index (χ3v) is 3.78. The summed E-state index contributed by atoms with van der Waals surface area (Å²) in [5.74, 6) is 0.274. The van der Waals surface area contributed by atoms with Crippen molar-refractivity contribution in [3.05, 3.63) is 10.4 Å². The second-order valence-electron chi connectivity index (χ2n) is 6.54. The van der Waals surface area contributed by atoms with Crippen LogP contribution in [0.4, 0.5) is 0 Å². The highest BCUT2D eigenvalue weighted by Crippen LogP contribution is 2.44. The first kappa shape index (κ1) is 16.8. The first-order valence-corrected chi connectivity index (χ1v) is 7.28. The van der Waals surface area contributed by atoms with E-state index in [1.54, 1.807) is 0 Å². The SMILES string of the molecule is CCOC(=O)C1(NCCN=[N+]=[N-])CC(C)CC(C)(C)C1. The molecule has 1 fully saturated rings. The third-order valence-electron chi connectivity index (χ3n) is 3.78. The molecule has 20 heavy (non-hydrogen) atoms. The number of ether oxygens (including phenoxy) is 1. The second kappa shape index (κ2) is 6.95. The Morgan fingerprint density at radius 3 is 2.75 bits per heavy atom. The van der Waals surface area contributed by atoms with Gasteiger partial charge in [0.05, 0.1) is 6.61 Å². The van der Waals surface area contributed by atoms with Gasteiger partial charge in [0.2, 0.25) is 0 Å². The average molecular weight is 282 g/mol. The molecule has 6 heteroatoms. The molecule has 0 aliphatic heterocycles. The molecule has 1 N–H and O–H groups in total. The van der Waals surface area contributed by atoms with Crippen LogP contribution in [-0.4, -0.2) is 31.2 Å². The maximum Gasteiger partial charge on any atom is 0.326 e. The van der Waals surface area contributed by atoms with Gasteiger partial charge >= 0.3 is 5.97 Å². The van der Waals surface area contributed by atoms with Gasteiger partial charge in [-0.25, -0.2) is 0 Å². The molecule has 114 valence electrons. The van der Waals surface area contributed by atoms with E-state index in [0.29, 0.717) is 25.6 Å². The number of nitrogens with one attached hydrogen (secondary N) is 1. The summed E-state index contributed by atoms with van der Waals surface area (Å²) in [5.41, 5.74) is 7.77. The van der Waals surface area contributed by atoms with Crippen molar-refractivity contribution in [2.45, 2.75) is 52.5 Å². The Bertz CT molecular complexity index is 391. The number of esters is 1. The summed E-state index contributed by atoms with van der Waals surface area (Å²) < 4.78 is 5.28. The van der Waals surface area contributed by atoms with E-state index in [4.69, 9.17) is 10.3 Å². The van der Waals surface area contributed by atoms with Gasteiger partial charge in [0.1, 0.15) is 5.54 Å². The number of azide groups is 1. The van der Waals surface area contributed by atoms with E-state index in [2.05, 4.69) is 36.1 Å². The highest BCUT2D eigenvalue weighted by atomic mass is 16.5. The quantitative estimate of drug-likeness (QED) is 0.267. The normalized spacial score (nSPS) is 28.5. The fourth-order valence-corrected chi connectivity index (χ4v) is 3.59. The van der Waals surface area contributed by atoms with Crippen molar-refractivity contribution in [3.63, 3.8) is 0 Å². The van der Waals surface area contributed by atoms with E-state index in [1.165, 1.54) is 0 Å². The zero-order valence-electron chi connectivity index (χ0n) is 13.0. The van der Waals surface area contributed by atoms with Crippen LogP contribution >= 0.6 is 0 Å². The lowest BCUT2D eigenvalue weighted by molar-refractivity contribution is -0.155. The Morgan fingerprint density at radius 2 is 2.20 bits per heavy atom. The number of nitrogens with zero attached hydrogens (tertiary/aromatic N) is 3. The van der Waals surface area contributed by atoms with Gasteiger partial charge in [-0.3, -0.25) is 4.79 Å². The van der Waals surface area contributed by atoms with Gasteiger partial charge in [-0.05, 0) is 43.1 Å². The van der Waals surface area contributed by atoms with Crippen molar-refractivity contribution in [1.82, 2.24) is 5.32 Å². The summed E-state index contributed by atoms with van der Waals surface area (Å²) in [6.07, 6.45) is 2.62. The maximum absolute atomic E-state index is 12.4. The lowest BCUT2D eigenvalue weighted by Gasteiger charge is -2.46. The Kier molecular flexibility index (Phi) is 5.84. The molecule has 6 nitrogen and oxygen atoms in total.